The first-order valence-electron chi connectivity index (χ1n) is 9.29. The Labute approximate surface area is 168 Å². The van der Waals surface area contributed by atoms with Crippen LogP contribution < -0.4 is 19.5 Å². The molecule has 2 aromatic carbocycles. The van der Waals surface area contributed by atoms with Crippen molar-refractivity contribution in [1.82, 2.24) is 4.90 Å². The number of amides is 1. The number of allylic oxidation sites excluding steroid dienone is 1. The van der Waals surface area contributed by atoms with Crippen molar-refractivity contribution in [2.75, 3.05) is 39.7 Å². The number of benzene rings is 2. The molecular formula is C22H22N2O5. The largest absolute Gasteiger partial charge is 0.493 e. The highest BCUT2D eigenvalue weighted by molar-refractivity contribution is 6.12. The van der Waals surface area contributed by atoms with E-state index in [2.05, 4.69) is 5.32 Å². The Morgan fingerprint density at radius 1 is 1.14 bits per heavy atom. The lowest BCUT2D eigenvalue weighted by molar-refractivity contribution is -0.118. The fraction of sp³-hybridized carbons (Fsp3) is 0.273. The minimum Gasteiger partial charge on any atom is -0.493 e. The predicted octanol–water partition coefficient (Wildman–Crippen LogP) is 2.75. The highest BCUT2D eigenvalue weighted by atomic mass is 16.5. The van der Waals surface area contributed by atoms with E-state index in [0.717, 1.165) is 17.5 Å². The molecule has 2 aliphatic heterocycles. The van der Waals surface area contributed by atoms with Gasteiger partial charge in [-0.2, -0.15) is 0 Å². The van der Waals surface area contributed by atoms with Gasteiger partial charge in [0.2, 0.25) is 5.78 Å². The molecule has 1 N–H and O–H groups in total. The molecule has 0 aliphatic carbocycles. The van der Waals surface area contributed by atoms with E-state index in [0.29, 0.717) is 40.7 Å². The minimum atomic E-state index is -0.233. The zero-order chi connectivity index (χ0) is 20.5. The quantitative estimate of drug-likeness (QED) is 0.804. The van der Waals surface area contributed by atoms with Crippen molar-refractivity contribution in [2.45, 2.75) is 6.42 Å². The lowest BCUT2D eigenvalue weighted by Gasteiger charge is -2.21. The SMILES string of the molecule is COc1cc2c(cc1OC)CCN(C)C(C(=O)c1ccc3c(c1)NC(=O)CO3)=C2. The van der Waals surface area contributed by atoms with Crippen molar-refractivity contribution in [1.29, 1.82) is 0 Å². The Morgan fingerprint density at radius 3 is 2.66 bits per heavy atom. The Kier molecular flexibility index (Phi) is 4.88. The molecule has 0 radical (unpaired) electrons. The van der Waals surface area contributed by atoms with Crippen LogP contribution in [0.2, 0.25) is 0 Å². The molecule has 29 heavy (non-hydrogen) atoms. The zero-order valence-corrected chi connectivity index (χ0v) is 16.6. The van der Waals surface area contributed by atoms with Gasteiger partial charge >= 0.3 is 0 Å². The van der Waals surface area contributed by atoms with Crippen molar-refractivity contribution in [3.05, 3.63) is 52.7 Å². The minimum absolute atomic E-state index is 0.0176. The van der Waals surface area contributed by atoms with Crippen LogP contribution in [0.3, 0.4) is 0 Å². The molecule has 2 aliphatic rings. The molecule has 0 spiro atoms. The summed E-state index contributed by atoms with van der Waals surface area (Å²) in [4.78, 5) is 26.8. The highest BCUT2D eigenvalue weighted by Gasteiger charge is 2.24. The maximum atomic E-state index is 13.3. The lowest BCUT2D eigenvalue weighted by Crippen LogP contribution is -2.26. The molecule has 0 bridgehead atoms. The average molecular weight is 394 g/mol. The number of fused-ring (bicyclic) bond motifs is 2. The summed E-state index contributed by atoms with van der Waals surface area (Å²) in [7, 11) is 5.09. The molecule has 2 aromatic rings. The number of carbonyl (C=O) groups is 2. The van der Waals surface area contributed by atoms with Crippen LogP contribution in [0.4, 0.5) is 5.69 Å². The van der Waals surface area contributed by atoms with Gasteiger partial charge in [0.1, 0.15) is 5.75 Å². The molecule has 0 unspecified atom stereocenters. The van der Waals surface area contributed by atoms with E-state index in [1.165, 1.54) is 0 Å². The molecule has 0 aromatic heterocycles. The van der Waals surface area contributed by atoms with Crippen LogP contribution in [0.5, 0.6) is 17.2 Å². The summed E-state index contributed by atoms with van der Waals surface area (Å²) in [6.07, 6.45) is 2.65. The van der Waals surface area contributed by atoms with E-state index in [1.807, 2.05) is 30.2 Å². The van der Waals surface area contributed by atoms with Crippen LogP contribution in [0.1, 0.15) is 21.5 Å². The monoisotopic (exact) mass is 394 g/mol. The highest BCUT2D eigenvalue weighted by Crippen LogP contribution is 2.35. The lowest BCUT2D eigenvalue weighted by atomic mass is 10.0. The van der Waals surface area contributed by atoms with E-state index in [4.69, 9.17) is 14.2 Å². The molecule has 7 nitrogen and oxygen atoms in total. The normalized spacial score (nSPS) is 15.2. The Hall–Kier alpha value is -3.48. The van der Waals surface area contributed by atoms with E-state index >= 15 is 0 Å². The molecule has 0 saturated carbocycles. The molecular weight excluding hydrogens is 372 g/mol. The summed E-state index contributed by atoms with van der Waals surface area (Å²) in [6.45, 7) is 0.668. The van der Waals surface area contributed by atoms with E-state index in [9.17, 15) is 9.59 Å². The Bertz CT molecular complexity index is 1030. The van der Waals surface area contributed by atoms with Gasteiger partial charge < -0.3 is 24.4 Å². The molecule has 7 heteroatoms. The van der Waals surface area contributed by atoms with Crippen molar-refractivity contribution in [3.8, 4) is 17.2 Å². The van der Waals surface area contributed by atoms with Crippen LogP contribution >= 0.6 is 0 Å². The van der Waals surface area contributed by atoms with Crippen molar-refractivity contribution in [2.24, 2.45) is 0 Å². The number of nitrogens with one attached hydrogen (secondary N) is 1. The number of nitrogens with zero attached hydrogens (tertiary/aromatic N) is 1. The number of anilines is 1. The second-order valence-electron chi connectivity index (χ2n) is 6.98. The smallest absolute Gasteiger partial charge is 0.262 e. The fourth-order valence-electron chi connectivity index (χ4n) is 3.56. The maximum absolute atomic E-state index is 13.3. The number of hydrogen-bond donors (Lipinski definition) is 1. The van der Waals surface area contributed by atoms with Gasteiger partial charge in [0.25, 0.3) is 5.91 Å². The molecule has 4 rings (SSSR count). The predicted molar refractivity (Wildman–Crippen MR) is 109 cm³/mol. The third-order valence-electron chi connectivity index (χ3n) is 5.17. The second kappa shape index (κ2) is 7.50. The van der Waals surface area contributed by atoms with Crippen molar-refractivity contribution in [3.63, 3.8) is 0 Å². The molecule has 0 fully saturated rings. The summed E-state index contributed by atoms with van der Waals surface area (Å²) >= 11 is 0. The third kappa shape index (κ3) is 3.51. The van der Waals surface area contributed by atoms with Crippen LogP contribution in [-0.4, -0.2) is 51.0 Å². The van der Waals surface area contributed by atoms with Crippen molar-refractivity contribution >= 4 is 23.5 Å². The summed E-state index contributed by atoms with van der Waals surface area (Å²) in [5, 5.41) is 2.75. The van der Waals surface area contributed by atoms with Crippen molar-refractivity contribution < 1.29 is 23.8 Å². The van der Waals surface area contributed by atoms with Gasteiger partial charge in [-0.15, -0.1) is 0 Å². The van der Waals surface area contributed by atoms with Gasteiger partial charge in [0, 0.05) is 19.2 Å². The molecule has 0 saturated heterocycles. The van der Waals surface area contributed by atoms with Gasteiger partial charge in [0.05, 0.1) is 25.6 Å². The molecule has 150 valence electrons. The number of likely N-dealkylation sites (N-methyl/N-ethyl adjacent to an activating group) is 1. The van der Waals surface area contributed by atoms with Gasteiger partial charge in [-0.05, 0) is 54.0 Å². The first kappa shape index (κ1) is 18.9. The maximum Gasteiger partial charge on any atom is 0.262 e. The first-order chi connectivity index (χ1) is 14.0. The van der Waals surface area contributed by atoms with Crippen LogP contribution in [-0.2, 0) is 11.2 Å². The van der Waals surface area contributed by atoms with Gasteiger partial charge in [0.15, 0.2) is 18.1 Å². The van der Waals surface area contributed by atoms with Gasteiger partial charge in [-0.25, -0.2) is 0 Å². The summed E-state index contributed by atoms with van der Waals surface area (Å²) in [6, 6.07) is 8.93. The molecule has 0 atom stereocenters. The number of Topliss-reactive ketones (excluding diaryl/α,β-unsaturated/α-hetero) is 1. The number of ketones is 1. The summed E-state index contributed by atoms with van der Waals surface area (Å²) in [5.74, 6) is 1.49. The Balaban J connectivity index is 1.73. The van der Waals surface area contributed by atoms with Crippen LogP contribution in [0.15, 0.2) is 36.0 Å². The first-order valence-corrected chi connectivity index (χ1v) is 9.29. The standard InChI is InChI=1S/C22H22N2O5/c1-24-7-6-13-10-19(27-2)20(28-3)11-15(13)9-17(24)22(26)14-4-5-18-16(8-14)23-21(25)12-29-18/h4-5,8-11H,6-7,12H2,1-3H3,(H,23,25). The summed E-state index contributed by atoms with van der Waals surface area (Å²) in [5.41, 5.74) is 3.57. The number of hydrogen-bond acceptors (Lipinski definition) is 6. The zero-order valence-electron chi connectivity index (χ0n) is 16.6. The topological polar surface area (TPSA) is 77.1 Å². The number of carbonyl (C=O) groups excluding carboxylic acids is 2. The molecule has 1 amide bonds. The third-order valence-corrected chi connectivity index (χ3v) is 5.17. The van der Waals surface area contributed by atoms with Crippen LogP contribution in [0, 0.1) is 0 Å². The number of methoxy groups -OCH3 is 2. The number of ether oxygens (including phenoxy) is 3. The Morgan fingerprint density at radius 2 is 1.90 bits per heavy atom. The molecule has 2 heterocycles. The van der Waals surface area contributed by atoms with E-state index in [-0.39, 0.29) is 18.3 Å². The summed E-state index contributed by atoms with van der Waals surface area (Å²) < 4.78 is 16.2. The van der Waals surface area contributed by atoms with Gasteiger partial charge in [-0.1, -0.05) is 0 Å². The average Bonchev–Trinajstić information content (AvgIpc) is 2.90. The second-order valence-corrected chi connectivity index (χ2v) is 6.98. The van der Waals surface area contributed by atoms with Crippen LogP contribution in [0.25, 0.3) is 6.08 Å². The van der Waals surface area contributed by atoms with E-state index in [1.54, 1.807) is 32.4 Å². The number of rotatable bonds is 4. The van der Waals surface area contributed by atoms with Gasteiger partial charge in [-0.3, -0.25) is 9.59 Å². The van der Waals surface area contributed by atoms with E-state index < -0.39 is 0 Å². The fourth-order valence-corrected chi connectivity index (χ4v) is 3.56.